The molecule has 2 aromatic carbocycles. The molecule has 7 heteroatoms. The van der Waals surface area contributed by atoms with Gasteiger partial charge in [-0.2, -0.15) is 13.2 Å². The van der Waals surface area contributed by atoms with Gasteiger partial charge in [-0.25, -0.2) is 0 Å². The number of hydrogen-bond donors (Lipinski definition) is 1. The van der Waals surface area contributed by atoms with E-state index in [4.69, 9.17) is 4.74 Å². The van der Waals surface area contributed by atoms with Crippen LogP contribution in [0.1, 0.15) is 42.5 Å². The molecule has 4 nitrogen and oxygen atoms in total. The zero-order valence-corrected chi connectivity index (χ0v) is 15.4. The lowest BCUT2D eigenvalue weighted by Gasteiger charge is -2.33. The number of carbonyl (C=O) groups is 1. The summed E-state index contributed by atoms with van der Waals surface area (Å²) in [5.41, 5.74) is 0.620. The van der Waals surface area contributed by atoms with E-state index in [-0.39, 0.29) is 0 Å². The molecule has 1 fully saturated rings. The van der Waals surface area contributed by atoms with Crippen LogP contribution in [0.3, 0.4) is 0 Å². The highest BCUT2D eigenvalue weighted by atomic mass is 19.4. The van der Waals surface area contributed by atoms with Crippen molar-refractivity contribution in [3.05, 3.63) is 65.2 Å². The second-order valence-corrected chi connectivity index (χ2v) is 6.73. The normalized spacial score (nSPS) is 18.8. The van der Waals surface area contributed by atoms with Crippen molar-refractivity contribution in [3.63, 3.8) is 0 Å². The maximum Gasteiger partial charge on any atom is 0.416 e. The fourth-order valence-electron chi connectivity index (χ4n) is 3.76. The lowest BCUT2D eigenvalue weighted by molar-refractivity contribution is -0.142. The van der Waals surface area contributed by atoms with Gasteiger partial charge in [-0.1, -0.05) is 30.3 Å². The number of para-hydroxylation sites is 1. The molecule has 2 atom stereocenters. The monoisotopic (exact) mass is 393 g/mol. The fraction of sp³-hybridized carbons (Fsp3) is 0.381. The summed E-state index contributed by atoms with van der Waals surface area (Å²) in [4.78, 5) is 13.6. The molecule has 150 valence electrons. The largest absolute Gasteiger partial charge is 0.494 e. The van der Waals surface area contributed by atoms with E-state index < -0.39 is 29.8 Å². The van der Waals surface area contributed by atoms with Crippen LogP contribution in [0.15, 0.2) is 48.5 Å². The molecule has 0 radical (unpaired) electrons. The summed E-state index contributed by atoms with van der Waals surface area (Å²) >= 11 is 0. The molecule has 0 spiro atoms. The van der Waals surface area contributed by atoms with Crippen LogP contribution >= 0.6 is 0 Å². The van der Waals surface area contributed by atoms with Crippen LogP contribution in [0.4, 0.5) is 13.2 Å². The molecule has 28 heavy (non-hydrogen) atoms. The number of likely N-dealkylation sites (tertiary alicyclic amines) is 1. The number of alkyl halides is 3. The van der Waals surface area contributed by atoms with Gasteiger partial charge in [0.1, 0.15) is 11.8 Å². The number of benzene rings is 2. The van der Waals surface area contributed by atoms with Crippen LogP contribution in [0, 0.1) is 0 Å². The number of carboxylic acid groups (broad SMARTS) is 1. The molecule has 1 aliphatic rings. The number of carboxylic acids is 1. The first-order valence-corrected chi connectivity index (χ1v) is 9.20. The Balaban J connectivity index is 2.09. The minimum Gasteiger partial charge on any atom is -0.494 e. The van der Waals surface area contributed by atoms with Gasteiger partial charge in [0.15, 0.2) is 0 Å². The fourth-order valence-corrected chi connectivity index (χ4v) is 3.76. The summed E-state index contributed by atoms with van der Waals surface area (Å²) < 4.78 is 44.6. The molecular formula is C21H22F3NO3. The summed E-state index contributed by atoms with van der Waals surface area (Å²) in [5, 5.41) is 9.63. The van der Waals surface area contributed by atoms with Crippen molar-refractivity contribution in [3.8, 4) is 5.75 Å². The number of rotatable bonds is 6. The Morgan fingerprint density at radius 2 is 1.89 bits per heavy atom. The standard InChI is InChI=1S/C21H22F3NO3/c1-2-28-18-8-4-3-6-16(18)19(25-13-5-7-17(25)20(26)27)14-9-11-15(12-10-14)21(22,23)24/h3-4,6,8-12,17,19H,2,5,7,13H2,1H3,(H,26,27). The van der Waals surface area contributed by atoms with E-state index in [1.54, 1.807) is 6.07 Å². The Morgan fingerprint density at radius 3 is 2.50 bits per heavy atom. The Hall–Kier alpha value is -2.54. The van der Waals surface area contributed by atoms with Gasteiger partial charge in [0.05, 0.1) is 18.2 Å². The third-order valence-corrected chi connectivity index (χ3v) is 4.98. The van der Waals surface area contributed by atoms with E-state index in [1.807, 2.05) is 30.0 Å². The summed E-state index contributed by atoms with van der Waals surface area (Å²) in [6, 6.07) is 11.0. The predicted molar refractivity (Wildman–Crippen MR) is 98.3 cm³/mol. The van der Waals surface area contributed by atoms with Gasteiger partial charge < -0.3 is 9.84 Å². The van der Waals surface area contributed by atoms with Crippen LogP contribution in [0.5, 0.6) is 5.75 Å². The van der Waals surface area contributed by atoms with E-state index in [9.17, 15) is 23.1 Å². The van der Waals surface area contributed by atoms with Gasteiger partial charge in [0.25, 0.3) is 0 Å². The van der Waals surface area contributed by atoms with Gasteiger partial charge >= 0.3 is 12.1 Å². The van der Waals surface area contributed by atoms with Gasteiger partial charge in [-0.15, -0.1) is 0 Å². The van der Waals surface area contributed by atoms with Crippen LogP contribution in [0.25, 0.3) is 0 Å². The summed E-state index contributed by atoms with van der Waals surface area (Å²) in [6.07, 6.45) is -3.21. The second-order valence-electron chi connectivity index (χ2n) is 6.73. The number of aliphatic carboxylic acids is 1. The molecular weight excluding hydrogens is 371 g/mol. The molecule has 1 aliphatic heterocycles. The SMILES string of the molecule is CCOc1ccccc1C(c1ccc(C(F)(F)F)cc1)N1CCCC1C(=O)O. The van der Waals surface area contributed by atoms with Crippen LogP contribution in [-0.2, 0) is 11.0 Å². The lowest BCUT2D eigenvalue weighted by atomic mass is 9.94. The van der Waals surface area contributed by atoms with Crippen molar-refractivity contribution in [2.45, 2.75) is 38.0 Å². The van der Waals surface area contributed by atoms with Gasteiger partial charge in [0.2, 0.25) is 0 Å². The van der Waals surface area contributed by atoms with E-state index in [1.165, 1.54) is 12.1 Å². The Bertz CT molecular complexity index is 820. The number of halogens is 3. The van der Waals surface area contributed by atoms with E-state index in [0.717, 1.165) is 17.7 Å². The molecule has 1 N–H and O–H groups in total. The van der Waals surface area contributed by atoms with E-state index >= 15 is 0 Å². The molecule has 2 aromatic rings. The summed E-state index contributed by atoms with van der Waals surface area (Å²) in [7, 11) is 0. The smallest absolute Gasteiger partial charge is 0.416 e. The molecule has 1 saturated heterocycles. The van der Waals surface area contributed by atoms with Crippen LogP contribution in [0.2, 0.25) is 0 Å². The number of nitrogens with zero attached hydrogens (tertiary/aromatic N) is 1. The first kappa shape index (κ1) is 20.2. The van der Waals surface area contributed by atoms with Crippen LogP contribution < -0.4 is 4.74 Å². The Kier molecular flexibility index (Phi) is 5.93. The Morgan fingerprint density at radius 1 is 1.21 bits per heavy atom. The minimum absolute atomic E-state index is 0.430. The third-order valence-electron chi connectivity index (χ3n) is 4.98. The average molecular weight is 393 g/mol. The minimum atomic E-state index is -4.42. The molecule has 0 aromatic heterocycles. The zero-order chi connectivity index (χ0) is 20.3. The molecule has 0 amide bonds. The molecule has 0 saturated carbocycles. The van der Waals surface area contributed by atoms with Crippen molar-refractivity contribution >= 4 is 5.97 Å². The van der Waals surface area contributed by atoms with Crippen molar-refractivity contribution in [2.24, 2.45) is 0 Å². The third kappa shape index (κ3) is 4.14. The van der Waals surface area contributed by atoms with Crippen molar-refractivity contribution in [1.82, 2.24) is 4.90 Å². The van der Waals surface area contributed by atoms with E-state index in [2.05, 4.69) is 0 Å². The van der Waals surface area contributed by atoms with Crippen molar-refractivity contribution in [2.75, 3.05) is 13.2 Å². The maximum absolute atomic E-state index is 13.0. The van der Waals surface area contributed by atoms with Crippen LogP contribution in [-0.4, -0.2) is 35.2 Å². The summed E-state index contributed by atoms with van der Waals surface area (Å²) in [5.74, 6) is -0.325. The quantitative estimate of drug-likeness (QED) is 0.770. The molecule has 0 aliphatic carbocycles. The maximum atomic E-state index is 13.0. The first-order chi connectivity index (χ1) is 13.3. The Labute approximate surface area is 161 Å². The van der Waals surface area contributed by atoms with Crippen molar-refractivity contribution < 1.29 is 27.8 Å². The number of hydrogen-bond acceptors (Lipinski definition) is 3. The molecule has 3 rings (SSSR count). The molecule has 2 unspecified atom stereocenters. The van der Waals surface area contributed by atoms with Gasteiger partial charge in [-0.3, -0.25) is 9.69 Å². The van der Waals surface area contributed by atoms with Gasteiger partial charge in [0, 0.05) is 12.1 Å². The van der Waals surface area contributed by atoms with Gasteiger partial charge in [-0.05, 0) is 43.5 Å². The second kappa shape index (κ2) is 8.22. The lowest BCUT2D eigenvalue weighted by Crippen LogP contribution is -2.39. The highest BCUT2D eigenvalue weighted by Crippen LogP contribution is 2.40. The highest BCUT2D eigenvalue weighted by Gasteiger charge is 2.38. The number of ether oxygens (including phenoxy) is 1. The molecule has 0 bridgehead atoms. The summed E-state index contributed by atoms with van der Waals surface area (Å²) in [6.45, 7) is 2.82. The first-order valence-electron chi connectivity index (χ1n) is 9.20. The zero-order valence-electron chi connectivity index (χ0n) is 15.4. The topological polar surface area (TPSA) is 49.8 Å². The molecule has 1 heterocycles. The van der Waals surface area contributed by atoms with Crippen molar-refractivity contribution in [1.29, 1.82) is 0 Å². The van der Waals surface area contributed by atoms with E-state index in [0.29, 0.717) is 37.3 Å². The highest BCUT2D eigenvalue weighted by molar-refractivity contribution is 5.74. The predicted octanol–water partition coefficient (Wildman–Crippen LogP) is 4.74. The average Bonchev–Trinajstić information content (AvgIpc) is 3.13.